The first-order chi connectivity index (χ1) is 12.2. The van der Waals surface area contributed by atoms with Gasteiger partial charge in [0.15, 0.2) is 0 Å². The Balaban J connectivity index is 1.58. The van der Waals surface area contributed by atoms with Crippen LogP contribution in [0.25, 0.3) is 10.9 Å². The first-order valence-corrected chi connectivity index (χ1v) is 8.79. The van der Waals surface area contributed by atoms with E-state index in [-0.39, 0.29) is 11.5 Å². The van der Waals surface area contributed by atoms with Crippen molar-refractivity contribution in [2.24, 2.45) is 5.92 Å². The standard InChI is InChI=1S/C19H25N3O3/c1-25-10-4-8-22-9-7-14(13-22)12-20-19(24)16-11-18(23)21-17-6-3-2-5-15(16)17/h2-3,5-6,11,14H,4,7-10,12-13H2,1H3,(H,20,24)(H,21,23). The molecule has 1 aliphatic heterocycles. The summed E-state index contributed by atoms with van der Waals surface area (Å²) < 4.78 is 5.09. The molecule has 0 bridgehead atoms. The smallest absolute Gasteiger partial charge is 0.252 e. The van der Waals surface area contributed by atoms with E-state index in [0.29, 0.717) is 23.5 Å². The Morgan fingerprint density at radius 1 is 1.40 bits per heavy atom. The number of para-hydroxylation sites is 1. The van der Waals surface area contributed by atoms with Crippen LogP contribution in [0.1, 0.15) is 23.2 Å². The fraction of sp³-hybridized carbons (Fsp3) is 0.474. The van der Waals surface area contributed by atoms with Gasteiger partial charge in [0.1, 0.15) is 0 Å². The van der Waals surface area contributed by atoms with Crippen molar-refractivity contribution in [2.75, 3.05) is 39.9 Å². The van der Waals surface area contributed by atoms with Crippen LogP contribution in [0.4, 0.5) is 0 Å². The molecule has 1 aliphatic rings. The van der Waals surface area contributed by atoms with Gasteiger partial charge in [-0.1, -0.05) is 18.2 Å². The lowest BCUT2D eigenvalue weighted by Crippen LogP contribution is -2.32. The van der Waals surface area contributed by atoms with Gasteiger partial charge in [0, 0.05) is 50.3 Å². The Morgan fingerprint density at radius 2 is 2.24 bits per heavy atom. The number of hydrogen-bond acceptors (Lipinski definition) is 4. The lowest BCUT2D eigenvalue weighted by molar-refractivity contribution is 0.0948. The van der Waals surface area contributed by atoms with E-state index >= 15 is 0 Å². The second kappa shape index (κ2) is 8.27. The average molecular weight is 343 g/mol. The molecule has 0 aliphatic carbocycles. The normalized spacial score (nSPS) is 17.9. The van der Waals surface area contributed by atoms with Gasteiger partial charge >= 0.3 is 0 Å². The molecule has 3 rings (SSSR count). The number of aromatic nitrogens is 1. The van der Waals surface area contributed by atoms with Gasteiger partial charge < -0.3 is 19.9 Å². The third kappa shape index (κ3) is 4.46. The predicted octanol–water partition coefficient (Wildman–Crippen LogP) is 1.62. The topological polar surface area (TPSA) is 74.4 Å². The van der Waals surface area contributed by atoms with Gasteiger partial charge in [0.05, 0.1) is 5.56 Å². The Hall–Kier alpha value is -2.18. The number of nitrogens with one attached hydrogen (secondary N) is 2. The summed E-state index contributed by atoms with van der Waals surface area (Å²) in [6.07, 6.45) is 2.12. The van der Waals surface area contributed by atoms with Crippen LogP contribution in [0.5, 0.6) is 0 Å². The van der Waals surface area contributed by atoms with Gasteiger partial charge in [0.25, 0.3) is 5.91 Å². The number of aromatic amines is 1. The molecule has 1 unspecified atom stereocenters. The fourth-order valence-electron chi connectivity index (χ4n) is 3.44. The van der Waals surface area contributed by atoms with Crippen molar-refractivity contribution in [3.63, 3.8) is 0 Å². The Labute approximate surface area is 147 Å². The van der Waals surface area contributed by atoms with Crippen LogP contribution in [0.2, 0.25) is 0 Å². The zero-order valence-corrected chi connectivity index (χ0v) is 14.6. The van der Waals surface area contributed by atoms with Crippen LogP contribution in [-0.2, 0) is 4.74 Å². The molecule has 1 aromatic carbocycles. The predicted molar refractivity (Wildman–Crippen MR) is 97.9 cm³/mol. The number of benzene rings is 1. The van der Waals surface area contributed by atoms with Gasteiger partial charge in [-0.2, -0.15) is 0 Å². The van der Waals surface area contributed by atoms with Crippen LogP contribution in [-0.4, -0.2) is 55.7 Å². The molecule has 2 N–H and O–H groups in total. The van der Waals surface area contributed by atoms with E-state index in [2.05, 4.69) is 15.2 Å². The van der Waals surface area contributed by atoms with Crippen molar-refractivity contribution in [2.45, 2.75) is 12.8 Å². The van der Waals surface area contributed by atoms with Gasteiger partial charge in [-0.15, -0.1) is 0 Å². The molecule has 0 spiro atoms. The SMILES string of the molecule is COCCCN1CCC(CNC(=O)c2cc(=O)[nH]c3ccccc23)C1. The molecule has 6 nitrogen and oxygen atoms in total. The number of H-pyrrole nitrogens is 1. The zero-order valence-electron chi connectivity index (χ0n) is 14.6. The summed E-state index contributed by atoms with van der Waals surface area (Å²) in [4.78, 5) is 29.5. The van der Waals surface area contributed by atoms with E-state index in [1.165, 1.54) is 6.07 Å². The second-order valence-corrected chi connectivity index (χ2v) is 6.60. The number of likely N-dealkylation sites (tertiary alicyclic amines) is 1. The van der Waals surface area contributed by atoms with Crippen LogP contribution >= 0.6 is 0 Å². The number of methoxy groups -OCH3 is 1. The first-order valence-electron chi connectivity index (χ1n) is 8.79. The summed E-state index contributed by atoms with van der Waals surface area (Å²) in [5.74, 6) is 0.278. The van der Waals surface area contributed by atoms with E-state index in [0.717, 1.165) is 44.5 Å². The minimum absolute atomic E-state index is 0.180. The quantitative estimate of drug-likeness (QED) is 0.749. The minimum atomic E-state index is -0.256. The number of hydrogen-bond donors (Lipinski definition) is 2. The van der Waals surface area contributed by atoms with E-state index in [9.17, 15) is 9.59 Å². The summed E-state index contributed by atoms with van der Waals surface area (Å²) in [6.45, 7) is 4.53. The summed E-state index contributed by atoms with van der Waals surface area (Å²) >= 11 is 0. The van der Waals surface area contributed by atoms with Crippen LogP contribution in [0, 0.1) is 5.92 Å². The Morgan fingerprint density at radius 3 is 3.08 bits per heavy atom. The molecule has 1 aromatic heterocycles. The van der Waals surface area contributed by atoms with Gasteiger partial charge in [-0.25, -0.2) is 0 Å². The number of ether oxygens (including phenoxy) is 1. The van der Waals surface area contributed by atoms with Crippen LogP contribution in [0.15, 0.2) is 35.1 Å². The van der Waals surface area contributed by atoms with Crippen molar-refractivity contribution in [3.05, 3.63) is 46.2 Å². The van der Waals surface area contributed by atoms with E-state index in [1.54, 1.807) is 7.11 Å². The highest BCUT2D eigenvalue weighted by Gasteiger charge is 2.23. The maximum Gasteiger partial charge on any atom is 0.252 e. The summed E-state index contributed by atoms with van der Waals surface area (Å²) in [6, 6.07) is 8.75. The molecular weight excluding hydrogens is 318 g/mol. The van der Waals surface area contributed by atoms with E-state index in [4.69, 9.17) is 4.74 Å². The molecule has 0 radical (unpaired) electrons. The highest BCUT2D eigenvalue weighted by molar-refractivity contribution is 6.05. The number of carbonyl (C=O) groups is 1. The molecular formula is C19H25N3O3. The van der Waals surface area contributed by atoms with Crippen LogP contribution in [0.3, 0.4) is 0 Å². The van der Waals surface area contributed by atoms with Crippen molar-refractivity contribution >= 4 is 16.8 Å². The van der Waals surface area contributed by atoms with E-state index in [1.807, 2.05) is 24.3 Å². The maximum absolute atomic E-state index is 12.6. The average Bonchev–Trinajstić information content (AvgIpc) is 3.07. The number of amides is 1. The van der Waals surface area contributed by atoms with Gasteiger partial charge in [0.2, 0.25) is 5.56 Å². The number of fused-ring (bicyclic) bond motifs is 1. The highest BCUT2D eigenvalue weighted by Crippen LogP contribution is 2.17. The Bertz CT molecular complexity index is 787. The molecule has 6 heteroatoms. The van der Waals surface area contributed by atoms with E-state index < -0.39 is 0 Å². The number of carbonyl (C=O) groups excluding carboxylic acids is 1. The summed E-state index contributed by atoms with van der Waals surface area (Å²) in [5.41, 5.74) is 0.869. The molecule has 134 valence electrons. The number of pyridine rings is 1. The molecule has 25 heavy (non-hydrogen) atoms. The molecule has 1 amide bonds. The fourth-order valence-corrected chi connectivity index (χ4v) is 3.44. The van der Waals surface area contributed by atoms with Gasteiger partial charge in [-0.3, -0.25) is 9.59 Å². The highest BCUT2D eigenvalue weighted by atomic mass is 16.5. The number of nitrogens with zero attached hydrogens (tertiary/aromatic N) is 1. The van der Waals surface area contributed by atoms with Crippen LogP contribution < -0.4 is 10.9 Å². The van der Waals surface area contributed by atoms with Gasteiger partial charge in [-0.05, 0) is 31.4 Å². The lowest BCUT2D eigenvalue weighted by atomic mass is 10.1. The largest absolute Gasteiger partial charge is 0.385 e. The molecule has 2 heterocycles. The zero-order chi connectivity index (χ0) is 17.6. The monoisotopic (exact) mass is 343 g/mol. The lowest BCUT2D eigenvalue weighted by Gasteiger charge is -2.16. The molecule has 1 fully saturated rings. The minimum Gasteiger partial charge on any atom is -0.385 e. The maximum atomic E-state index is 12.6. The molecule has 2 aromatic rings. The van der Waals surface area contributed by atoms with Crippen molar-refractivity contribution < 1.29 is 9.53 Å². The Kier molecular flexibility index (Phi) is 5.83. The first kappa shape index (κ1) is 17.6. The second-order valence-electron chi connectivity index (χ2n) is 6.60. The molecule has 1 saturated heterocycles. The summed E-state index contributed by atoms with van der Waals surface area (Å²) in [7, 11) is 1.72. The van der Waals surface area contributed by atoms with Crippen molar-refractivity contribution in [3.8, 4) is 0 Å². The molecule has 1 atom stereocenters. The third-order valence-electron chi connectivity index (χ3n) is 4.74. The molecule has 0 saturated carbocycles. The van der Waals surface area contributed by atoms with Crippen molar-refractivity contribution in [1.82, 2.24) is 15.2 Å². The van der Waals surface area contributed by atoms with Crippen molar-refractivity contribution in [1.29, 1.82) is 0 Å². The third-order valence-corrected chi connectivity index (χ3v) is 4.74. The summed E-state index contributed by atoms with van der Waals surface area (Å²) in [5, 5.41) is 3.78. The number of rotatable bonds is 7.